The van der Waals surface area contributed by atoms with E-state index in [-0.39, 0.29) is 11.8 Å². The van der Waals surface area contributed by atoms with Gasteiger partial charge in [-0.15, -0.1) is 0 Å². The second-order valence-corrected chi connectivity index (χ2v) is 3.98. The minimum Gasteiger partial charge on any atom is -0.398 e. The molecule has 0 bridgehead atoms. The summed E-state index contributed by atoms with van der Waals surface area (Å²) in [5.41, 5.74) is 6.53. The van der Waals surface area contributed by atoms with Gasteiger partial charge in [0.2, 0.25) is 0 Å². The molecule has 17 heavy (non-hydrogen) atoms. The predicted molar refractivity (Wildman–Crippen MR) is 68.2 cm³/mol. The second-order valence-electron chi connectivity index (χ2n) is 3.57. The van der Waals surface area contributed by atoms with E-state index in [0.29, 0.717) is 29.4 Å². The van der Waals surface area contributed by atoms with Crippen LogP contribution in [0, 0.1) is 0 Å². The molecule has 0 aliphatic rings. The fraction of sp³-hybridized carbons (Fsp3) is 0.273. The molecule has 4 N–H and O–H groups in total. The molecule has 0 aromatic heterocycles. The second kappa shape index (κ2) is 6.10. The van der Waals surface area contributed by atoms with Crippen LogP contribution >= 0.6 is 11.6 Å². The van der Waals surface area contributed by atoms with Crippen molar-refractivity contribution < 1.29 is 9.59 Å². The zero-order valence-electron chi connectivity index (χ0n) is 9.42. The van der Waals surface area contributed by atoms with Crippen molar-refractivity contribution in [1.29, 1.82) is 0 Å². The van der Waals surface area contributed by atoms with Crippen molar-refractivity contribution in [2.45, 2.75) is 13.3 Å². The monoisotopic (exact) mass is 255 g/mol. The van der Waals surface area contributed by atoms with Crippen LogP contribution in [0.15, 0.2) is 18.2 Å². The van der Waals surface area contributed by atoms with Crippen molar-refractivity contribution in [3.05, 3.63) is 23.2 Å². The first-order valence-electron chi connectivity index (χ1n) is 5.08. The lowest BCUT2D eigenvalue weighted by Gasteiger charge is -2.07. The highest BCUT2D eigenvalue weighted by atomic mass is 35.5. The summed E-state index contributed by atoms with van der Waals surface area (Å²) in [5, 5.41) is 5.51. The summed E-state index contributed by atoms with van der Waals surface area (Å²) in [4.78, 5) is 22.0. The number of carbonyl (C=O) groups is 2. The smallest absolute Gasteiger partial charge is 0.319 e. The van der Waals surface area contributed by atoms with Crippen LogP contribution in [-0.2, 0) is 4.79 Å². The van der Waals surface area contributed by atoms with Crippen LogP contribution in [0.25, 0.3) is 0 Å². The minimum absolute atomic E-state index is 0.0285. The zero-order chi connectivity index (χ0) is 12.8. The quantitative estimate of drug-likeness (QED) is 0.720. The maximum absolute atomic E-state index is 11.4. The number of rotatable bonds is 4. The van der Waals surface area contributed by atoms with E-state index in [1.165, 1.54) is 6.92 Å². The number of ketones is 1. The fourth-order valence-electron chi connectivity index (χ4n) is 1.13. The summed E-state index contributed by atoms with van der Waals surface area (Å²) in [7, 11) is 0. The third kappa shape index (κ3) is 4.74. The Balaban J connectivity index is 2.45. The molecule has 1 aromatic rings. The van der Waals surface area contributed by atoms with Crippen LogP contribution in [0.5, 0.6) is 0 Å². The van der Waals surface area contributed by atoms with Crippen LogP contribution in [0.1, 0.15) is 13.3 Å². The Hall–Kier alpha value is -1.75. The fourth-order valence-corrected chi connectivity index (χ4v) is 1.31. The summed E-state index contributed by atoms with van der Waals surface area (Å²) < 4.78 is 0. The van der Waals surface area contributed by atoms with Gasteiger partial charge in [0.05, 0.1) is 10.7 Å². The van der Waals surface area contributed by atoms with Gasteiger partial charge in [0, 0.05) is 18.7 Å². The predicted octanol–water partition coefficient (Wildman–Crippen LogP) is 2.02. The molecule has 0 aliphatic carbocycles. The van der Waals surface area contributed by atoms with Crippen LogP contribution < -0.4 is 16.4 Å². The number of nitrogen functional groups attached to an aromatic ring is 1. The van der Waals surface area contributed by atoms with Gasteiger partial charge in [0.15, 0.2) is 0 Å². The van der Waals surface area contributed by atoms with Gasteiger partial charge in [-0.3, -0.25) is 4.79 Å². The van der Waals surface area contributed by atoms with Crippen LogP contribution in [-0.4, -0.2) is 18.4 Å². The standard InChI is InChI=1S/C11H14ClN3O2/c1-7(16)4-5-14-11(17)15-8-2-3-10(13)9(12)6-8/h2-3,6H,4-5,13H2,1H3,(H2,14,15,17). The Kier molecular flexibility index (Phi) is 4.78. The molecule has 0 saturated heterocycles. The summed E-state index contributed by atoms with van der Waals surface area (Å²) in [6, 6.07) is 4.42. The number of urea groups is 1. The number of anilines is 2. The van der Waals surface area contributed by atoms with Crippen molar-refractivity contribution in [2.24, 2.45) is 0 Å². The molecule has 1 rings (SSSR count). The van der Waals surface area contributed by atoms with Gasteiger partial charge in [-0.1, -0.05) is 11.6 Å². The summed E-state index contributed by atoms with van der Waals surface area (Å²) in [6.45, 7) is 1.78. The van der Waals surface area contributed by atoms with Crippen molar-refractivity contribution in [3.8, 4) is 0 Å². The van der Waals surface area contributed by atoms with E-state index in [2.05, 4.69) is 10.6 Å². The van der Waals surface area contributed by atoms with E-state index < -0.39 is 0 Å². The molecule has 0 saturated carbocycles. The topological polar surface area (TPSA) is 84.2 Å². The highest BCUT2D eigenvalue weighted by molar-refractivity contribution is 6.33. The van der Waals surface area contributed by atoms with Crippen molar-refractivity contribution >= 4 is 34.8 Å². The first-order chi connectivity index (χ1) is 7.99. The number of nitrogens with two attached hydrogens (primary N) is 1. The summed E-state index contributed by atoms with van der Waals surface area (Å²) in [6.07, 6.45) is 0.315. The minimum atomic E-state index is -0.382. The number of amides is 2. The van der Waals surface area contributed by atoms with E-state index >= 15 is 0 Å². The number of carbonyl (C=O) groups excluding carboxylic acids is 2. The van der Waals surface area contributed by atoms with Gasteiger partial charge in [0.25, 0.3) is 0 Å². The molecule has 0 radical (unpaired) electrons. The van der Waals surface area contributed by atoms with Gasteiger partial charge in [-0.25, -0.2) is 4.79 Å². The zero-order valence-corrected chi connectivity index (χ0v) is 10.2. The summed E-state index contributed by atoms with van der Waals surface area (Å²) >= 11 is 5.80. The Morgan fingerprint density at radius 3 is 2.71 bits per heavy atom. The van der Waals surface area contributed by atoms with Gasteiger partial charge in [-0.2, -0.15) is 0 Å². The SMILES string of the molecule is CC(=O)CCNC(=O)Nc1ccc(N)c(Cl)c1. The Bertz CT molecular complexity index is 435. The van der Waals surface area contributed by atoms with Crippen LogP contribution in [0.4, 0.5) is 16.2 Å². The Labute approximate surface area is 104 Å². The highest BCUT2D eigenvalue weighted by Gasteiger charge is 2.03. The molecular formula is C11H14ClN3O2. The molecule has 0 atom stereocenters. The number of hydrogen-bond acceptors (Lipinski definition) is 3. The van der Waals surface area contributed by atoms with E-state index in [4.69, 9.17) is 17.3 Å². The average Bonchev–Trinajstić information content (AvgIpc) is 2.23. The van der Waals surface area contributed by atoms with Gasteiger partial charge < -0.3 is 16.4 Å². The van der Waals surface area contributed by atoms with Gasteiger partial charge >= 0.3 is 6.03 Å². The number of hydrogen-bond donors (Lipinski definition) is 3. The summed E-state index contributed by atoms with van der Waals surface area (Å²) in [5.74, 6) is 0.0285. The van der Waals surface area contributed by atoms with E-state index in [1.54, 1.807) is 18.2 Å². The maximum Gasteiger partial charge on any atom is 0.319 e. The molecule has 5 nitrogen and oxygen atoms in total. The molecule has 0 heterocycles. The van der Waals surface area contributed by atoms with Crippen molar-refractivity contribution in [3.63, 3.8) is 0 Å². The van der Waals surface area contributed by atoms with Crippen LogP contribution in [0.3, 0.4) is 0 Å². The maximum atomic E-state index is 11.4. The molecular weight excluding hydrogens is 242 g/mol. The lowest BCUT2D eigenvalue weighted by Crippen LogP contribution is -2.30. The molecule has 6 heteroatoms. The number of Topliss-reactive ketones (excluding diaryl/α,β-unsaturated/α-hetero) is 1. The largest absolute Gasteiger partial charge is 0.398 e. The molecule has 1 aromatic carbocycles. The Morgan fingerprint density at radius 2 is 2.12 bits per heavy atom. The average molecular weight is 256 g/mol. The van der Waals surface area contributed by atoms with Gasteiger partial charge in [0.1, 0.15) is 5.78 Å². The normalized spacial score (nSPS) is 9.76. The number of nitrogens with one attached hydrogen (secondary N) is 2. The highest BCUT2D eigenvalue weighted by Crippen LogP contribution is 2.22. The third-order valence-electron chi connectivity index (χ3n) is 2.02. The first kappa shape index (κ1) is 13.3. The molecule has 0 fully saturated rings. The Morgan fingerprint density at radius 1 is 1.41 bits per heavy atom. The van der Waals surface area contributed by atoms with Gasteiger partial charge in [-0.05, 0) is 25.1 Å². The molecule has 0 unspecified atom stereocenters. The number of halogens is 1. The van der Waals surface area contributed by atoms with Crippen LogP contribution in [0.2, 0.25) is 5.02 Å². The molecule has 2 amide bonds. The third-order valence-corrected chi connectivity index (χ3v) is 2.35. The molecule has 0 spiro atoms. The lowest BCUT2D eigenvalue weighted by molar-refractivity contribution is -0.116. The lowest BCUT2D eigenvalue weighted by atomic mass is 10.3. The van der Waals surface area contributed by atoms with E-state index in [9.17, 15) is 9.59 Å². The molecule has 92 valence electrons. The van der Waals surface area contributed by atoms with Crippen molar-refractivity contribution in [1.82, 2.24) is 5.32 Å². The van der Waals surface area contributed by atoms with Crippen molar-refractivity contribution in [2.75, 3.05) is 17.6 Å². The first-order valence-corrected chi connectivity index (χ1v) is 5.46. The van der Waals surface area contributed by atoms with E-state index in [0.717, 1.165) is 0 Å². The number of benzene rings is 1. The van der Waals surface area contributed by atoms with E-state index in [1.807, 2.05) is 0 Å². The molecule has 0 aliphatic heterocycles.